The lowest BCUT2D eigenvalue weighted by Crippen LogP contribution is -2.29. The fourth-order valence-corrected chi connectivity index (χ4v) is 1.57. The summed E-state index contributed by atoms with van der Waals surface area (Å²) >= 11 is 0. The number of carbonyl (C=O) groups is 1. The van der Waals surface area contributed by atoms with Crippen LogP contribution in [0.2, 0.25) is 0 Å². The highest BCUT2D eigenvalue weighted by Crippen LogP contribution is 2.27. The van der Waals surface area contributed by atoms with E-state index in [9.17, 15) is 22.4 Å². The van der Waals surface area contributed by atoms with Crippen molar-refractivity contribution in [3.8, 4) is 5.75 Å². The molecule has 0 fully saturated rings. The third-order valence-electron chi connectivity index (χ3n) is 2.29. The second-order valence-corrected chi connectivity index (χ2v) is 3.95. The summed E-state index contributed by atoms with van der Waals surface area (Å²) in [6.45, 7) is 1.32. The van der Waals surface area contributed by atoms with Gasteiger partial charge in [-0.15, -0.1) is 13.2 Å². The molecule has 8 heteroatoms. The van der Waals surface area contributed by atoms with Crippen molar-refractivity contribution >= 4 is 5.91 Å². The molecular weight excluding hydrogens is 282 g/mol. The molecule has 4 nitrogen and oxygen atoms in total. The van der Waals surface area contributed by atoms with Gasteiger partial charge in [0.2, 0.25) is 5.91 Å². The third kappa shape index (κ3) is 5.04. The van der Waals surface area contributed by atoms with Crippen molar-refractivity contribution in [3.63, 3.8) is 0 Å². The van der Waals surface area contributed by atoms with Crippen molar-refractivity contribution in [1.82, 2.24) is 5.32 Å². The fourth-order valence-electron chi connectivity index (χ4n) is 1.57. The van der Waals surface area contributed by atoms with E-state index in [0.29, 0.717) is 0 Å². The van der Waals surface area contributed by atoms with E-state index in [1.165, 1.54) is 20.1 Å². The first kappa shape index (κ1) is 16.2. The molecule has 0 spiro atoms. The molecule has 1 unspecified atom stereocenters. The van der Waals surface area contributed by atoms with Crippen molar-refractivity contribution in [1.29, 1.82) is 0 Å². The molecule has 1 N–H and O–H groups in total. The van der Waals surface area contributed by atoms with Gasteiger partial charge in [0.25, 0.3) is 0 Å². The van der Waals surface area contributed by atoms with Gasteiger partial charge >= 0.3 is 6.36 Å². The molecule has 0 saturated carbocycles. The van der Waals surface area contributed by atoms with Crippen LogP contribution in [0.3, 0.4) is 0 Å². The highest BCUT2D eigenvalue weighted by Gasteiger charge is 2.32. The van der Waals surface area contributed by atoms with Gasteiger partial charge in [-0.1, -0.05) is 6.07 Å². The number of carbonyl (C=O) groups excluding carboxylic acids is 1. The Morgan fingerprint density at radius 2 is 2.05 bits per heavy atom. The van der Waals surface area contributed by atoms with Gasteiger partial charge in [-0.25, -0.2) is 4.39 Å². The van der Waals surface area contributed by atoms with E-state index < -0.39 is 24.0 Å². The highest BCUT2D eigenvalue weighted by atomic mass is 19.4. The SMILES string of the molecule is COCC(NC(C)=O)c1ccc(OC(F)(F)F)c(F)c1. The lowest BCUT2D eigenvalue weighted by molar-refractivity contribution is -0.275. The molecule has 1 amide bonds. The quantitative estimate of drug-likeness (QED) is 0.849. The first-order valence-electron chi connectivity index (χ1n) is 5.54. The molecule has 0 saturated heterocycles. The van der Waals surface area contributed by atoms with Crippen LogP contribution >= 0.6 is 0 Å². The Balaban J connectivity index is 2.96. The van der Waals surface area contributed by atoms with E-state index >= 15 is 0 Å². The maximum atomic E-state index is 13.5. The van der Waals surface area contributed by atoms with Crippen LogP contribution in [-0.2, 0) is 9.53 Å². The molecule has 0 bridgehead atoms. The summed E-state index contributed by atoms with van der Waals surface area (Å²) in [5.41, 5.74) is 0.272. The van der Waals surface area contributed by atoms with E-state index in [0.717, 1.165) is 12.1 Å². The van der Waals surface area contributed by atoms with E-state index in [-0.39, 0.29) is 18.1 Å². The molecule has 1 aromatic carbocycles. The second kappa shape index (κ2) is 6.56. The Labute approximate surface area is 112 Å². The van der Waals surface area contributed by atoms with E-state index in [4.69, 9.17) is 4.74 Å². The zero-order chi connectivity index (χ0) is 15.3. The Kier molecular flexibility index (Phi) is 5.32. The monoisotopic (exact) mass is 295 g/mol. The zero-order valence-corrected chi connectivity index (χ0v) is 10.8. The highest BCUT2D eigenvalue weighted by molar-refractivity contribution is 5.73. The molecule has 0 heterocycles. The van der Waals surface area contributed by atoms with Gasteiger partial charge in [-0.2, -0.15) is 0 Å². The number of alkyl halides is 3. The summed E-state index contributed by atoms with van der Waals surface area (Å²) in [6, 6.07) is 2.28. The average Bonchev–Trinajstić information content (AvgIpc) is 2.29. The van der Waals surface area contributed by atoms with Crippen molar-refractivity contribution in [2.75, 3.05) is 13.7 Å². The third-order valence-corrected chi connectivity index (χ3v) is 2.29. The van der Waals surface area contributed by atoms with Gasteiger partial charge in [0, 0.05) is 14.0 Å². The molecule has 1 aromatic rings. The molecule has 20 heavy (non-hydrogen) atoms. The molecule has 112 valence electrons. The normalized spacial score (nSPS) is 12.9. The molecule has 1 rings (SSSR count). The summed E-state index contributed by atoms with van der Waals surface area (Å²) in [5, 5.41) is 2.50. The Morgan fingerprint density at radius 1 is 1.40 bits per heavy atom. The van der Waals surface area contributed by atoms with Crippen molar-refractivity contribution in [3.05, 3.63) is 29.6 Å². The number of hydrogen-bond donors (Lipinski definition) is 1. The van der Waals surface area contributed by atoms with Crippen LogP contribution in [0.5, 0.6) is 5.75 Å². The number of ether oxygens (including phenoxy) is 2. The van der Waals surface area contributed by atoms with Crippen LogP contribution in [0.25, 0.3) is 0 Å². The van der Waals surface area contributed by atoms with Gasteiger partial charge in [0.15, 0.2) is 11.6 Å². The van der Waals surface area contributed by atoms with Crippen LogP contribution in [0, 0.1) is 5.82 Å². The van der Waals surface area contributed by atoms with Crippen LogP contribution in [0.4, 0.5) is 17.6 Å². The topological polar surface area (TPSA) is 47.6 Å². The van der Waals surface area contributed by atoms with Crippen molar-refractivity contribution in [2.45, 2.75) is 19.3 Å². The number of hydrogen-bond acceptors (Lipinski definition) is 3. The van der Waals surface area contributed by atoms with E-state index in [2.05, 4.69) is 10.1 Å². The molecular formula is C12H13F4NO3. The van der Waals surface area contributed by atoms with Gasteiger partial charge in [-0.3, -0.25) is 4.79 Å². The fraction of sp³-hybridized carbons (Fsp3) is 0.417. The standard InChI is InChI=1S/C12H13F4NO3/c1-7(18)17-10(6-19-2)8-3-4-11(9(13)5-8)20-12(14,15)16/h3-5,10H,6H2,1-2H3,(H,17,18). The summed E-state index contributed by atoms with van der Waals surface area (Å²) in [7, 11) is 1.38. The molecule has 0 aliphatic heterocycles. The average molecular weight is 295 g/mol. The van der Waals surface area contributed by atoms with Crippen LogP contribution in [0.15, 0.2) is 18.2 Å². The molecule has 0 aromatic heterocycles. The maximum Gasteiger partial charge on any atom is 0.573 e. The lowest BCUT2D eigenvalue weighted by Gasteiger charge is -2.18. The van der Waals surface area contributed by atoms with E-state index in [1.54, 1.807) is 0 Å². The zero-order valence-electron chi connectivity index (χ0n) is 10.8. The van der Waals surface area contributed by atoms with Crippen LogP contribution < -0.4 is 10.1 Å². The minimum Gasteiger partial charge on any atom is -0.403 e. The number of rotatable bonds is 5. The number of nitrogens with one attached hydrogen (secondary N) is 1. The van der Waals surface area contributed by atoms with Gasteiger partial charge < -0.3 is 14.8 Å². The van der Waals surface area contributed by atoms with Crippen molar-refractivity contribution < 1.29 is 31.8 Å². The predicted octanol–water partition coefficient (Wildman–Crippen LogP) is 2.55. The largest absolute Gasteiger partial charge is 0.573 e. The molecule has 0 aliphatic carbocycles. The number of halogens is 4. The minimum absolute atomic E-state index is 0.0541. The summed E-state index contributed by atoms with van der Waals surface area (Å²) < 4.78 is 57.9. The summed E-state index contributed by atoms with van der Waals surface area (Å²) in [6.07, 6.45) is -4.97. The molecule has 0 radical (unpaired) electrons. The number of amides is 1. The summed E-state index contributed by atoms with van der Waals surface area (Å²) in [4.78, 5) is 11.0. The predicted molar refractivity (Wildman–Crippen MR) is 61.5 cm³/mol. The number of benzene rings is 1. The second-order valence-electron chi connectivity index (χ2n) is 3.95. The van der Waals surface area contributed by atoms with Crippen molar-refractivity contribution in [2.24, 2.45) is 0 Å². The van der Waals surface area contributed by atoms with Gasteiger partial charge in [-0.05, 0) is 17.7 Å². The van der Waals surface area contributed by atoms with Gasteiger partial charge in [0.05, 0.1) is 12.6 Å². The first-order chi connectivity index (χ1) is 9.23. The van der Waals surface area contributed by atoms with E-state index in [1.807, 2.05) is 0 Å². The summed E-state index contributed by atoms with van der Waals surface area (Å²) in [5.74, 6) is -2.48. The first-order valence-corrected chi connectivity index (χ1v) is 5.54. The Morgan fingerprint density at radius 3 is 2.50 bits per heavy atom. The van der Waals surface area contributed by atoms with Crippen LogP contribution in [-0.4, -0.2) is 26.0 Å². The lowest BCUT2D eigenvalue weighted by atomic mass is 10.1. The van der Waals surface area contributed by atoms with Crippen LogP contribution in [0.1, 0.15) is 18.5 Å². The molecule has 0 aliphatic rings. The molecule has 1 atom stereocenters. The smallest absolute Gasteiger partial charge is 0.403 e. The maximum absolute atomic E-state index is 13.5. The Hall–Kier alpha value is -1.83. The number of methoxy groups -OCH3 is 1. The Bertz CT molecular complexity index is 476. The minimum atomic E-state index is -4.97. The van der Waals surface area contributed by atoms with Gasteiger partial charge in [0.1, 0.15) is 0 Å².